The van der Waals surface area contributed by atoms with Gasteiger partial charge in [-0.3, -0.25) is 4.99 Å². The van der Waals surface area contributed by atoms with Gasteiger partial charge in [-0.25, -0.2) is 0 Å². The van der Waals surface area contributed by atoms with Crippen molar-refractivity contribution in [3.63, 3.8) is 0 Å². The zero-order valence-electron chi connectivity index (χ0n) is 15.5. The summed E-state index contributed by atoms with van der Waals surface area (Å²) in [6.45, 7) is 4.56. The van der Waals surface area contributed by atoms with Crippen LogP contribution in [0.3, 0.4) is 0 Å². The van der Waals surface area contributed by atoms with Gasteiger partial charge in [0.25, 0.3) is 0 Å². The molecule has 1 atom stereocenters. The summed E-state index contributed by atoms with van der Waals surface area (Å²) in [7, 11) is 1.73. The molecule has 27 heavy (non-hydrogen) atoms. The van der Waals surface area contributed by atoms with Crippen LogP contribution in [0.5, 0.6) is 0 Å². The molecule has 1 heterocycles. The standard InChI is InChI=1S/C20H22ClN5O/c1-13-7-4-5-10-17(13)14(2)24-20(22-3)23-12-18-25-19(26-27-18)15-8-6-9-16(21)11-15/h4-11,14H,12H2,1-3H3,(H2,22,23,24). The average molecular weight is 384 g/mol. The number of hydrogen-bond donors (Lipinski definition) is 2. The normalized spacial score (nSPS) is 12.7. The number of benzene rings is 2. The van der Waals surface area contributed by atoms with Crippen LogP contribution >= 0.6 is 11.6 Å². The highest BCUT2D eigenvalue weighted by atomic mass is 35.5. The van der Waals surface area contributed by atoms with E-state index in [9.17, 15) is 0 Å². The van der Waals surface area contributed by atoms with Crippen LogP contribution in [0.1, 0.15) is 30.0 Å². The van der Waals surface area contributed by atoms with Crippen LogP contribution in [0.2, 0.25) is 5.02 Å². The van der Waals surface area contributed by atoms with Crippen LogP contribution in [0.25, 0.3) is 11.4 Å². The summed E-state index contributed by atoms with van der Waals surface area (Å²) in [5, 5.41) is 11.2. The van der Waals surface area contributed by atoms with Gasteiger partial charge in [0.05, 0.1) is 12.6 Å². The lowest BCUT2D eigenvalue weighted by molar-refractivity contribution is 0.375. The number of aromatic nitrogens is 2. The van der Waals surface area contributed by atoms with Crippen LogP contribution in [0, 0.1) is 6.92 Å². The number of nitrogens with one attached hydrogen (secondary N) is 2. The lowest BCUT2D eigenvalue weighted by Gasteiger charge is -2.19. The van der Waals surface area contributed by atoms with E-state index < -0.39 is 0 Å². The molecule has 6 nitrogen and oxygen atoms in total. The van der Waals surface area contributed by atoms with Gasteiger partial charge in [0.15, 0.2) is 5.96 Å². The predicted octanol–water partition coefficient (Wildman–Crippen LogP) is 4.12. The number of aryl methyl sites for hydroxylation is 1. The maximum Gasteiger partial charge on any atom is 0.246 e. The van der Waals surface area contributed by atoms with E-state index in [1.807, 2.05) is 24.3 Å². The van der Waals surface area contributed by atoms with Crippen LogP contribution in [-0.4, -0.2) is 23.1 Å². The van der Waals surface area contributed by atoms with E-state index >= 15 is 0 Å². The number of aliphatic imine (C=N–C) groups is 1. The van der Waals surface area contributed by atoms with Crippen LogP contribution in [0.4, 0.5) is 0 Å². The zero-order chi connectivity index (χ0) is 19.2. The Morgan fingerprint density at radius 1 is 1.22 bits per heavy atom. The third-order valence-corrected chi connectivity index (χ3v) is 4.42. The molecule has 1 unspecified atom stereocenters. The van der Waals surface area contributed by atoms with Crippen molar-refractivity contribution in [1.82, 2.24) is 20.8 Å². The van der Waals surface area contributed by atoms with E-state index in [-0.39, 0.29) is 6.04 Å². The second kappa shape index (κ2) is 8.68. The minimum absolute atomic E-state index is 0.113. The number of nitrogens with zero attached hydrogens (tertiary/aromatic N) is 3. The van der Waals surface area contributed by atoms with Gasteiger partial charge in [-0.2, -0.15) is 4.98 Å². The molecule has 0 saturated heterocycles. The van der Waals surface area contributed by atoms with Crippen molar-refractivity contribution in [2.75, 3.05) is 7.05 Å². The molecule has 0 spiro atoms. The van der Waals surface area contributed by atoms with Crippen molar-refractivity contribution < 1.29 is 4.52 Å². The molecule has 0 saturated carbocycles. The Kier molecular flexibility index (Phi) is 6.08. The van der Waals surface area contributed by atoms with E-state index in [4.69, 9.17) is 16.1 Å². The van der Waals surface area contributed by atoms with Crippen LogP contribution < -0.4 is 10.6 Å². The molecule has 2 aromatic carbocycles. The van der Waals surface area contributed by atoms with Crippen molar-refractivity contribution >= 4 is 17.6 Å². The van der Waals surface area contributed by atoms with E-state index in [2.05, 4.69) is 51.7 Å². The zero-order valence-corrected chi connectivity index (χ0v) is 16.3. The first-order chi connectivity index (χ1) is 13.1. The minimum atomic E-state index is 0.113. The first-order valence-corrected chi connectivity index (χ1v) is 9.06. The van der Waals surface area contributed by atoms with E-state index in [0.717, 1.165) is 5.56 Å². The molecule has 0 amide bonds. The monoisotopic (exact) mass is 383 g/mol. The van der Waals surface area contributed by atoms with Gasteiger partial charge < -0.3 is 15.2 Å². The first-order valence-electron chi connectivity index (χ1n) is 8.68. The summed E-state index contributed by atoms with van der Waals surface area (Å²) in [4.78, 5) is 8.66. The molecule has 2 N–H and O–H groups in total. The number of halogens is 1. The lowest BCUT2D eigenvalue weighted by atomic mass is 10.0. The molecule has 0 aliphatic carbocycles. The van der Waals surface area contributed by atoms with Crippen molar-refractivity contribution in [1.29, 1.82) is 0 Å². The molecule has 140 valence electrons. The highest BCUT2D eigenvalue weighted by molar-refractivity contribution is 6.30. The maximum absolute atomic E-state index is 6.01. The van der Waals surface area contributed by atoms with Gasteiger partial charge in [-0.1, -0.05) is 53.2 Å². The molecule has 7 heteroatoms. The SMILES string of the molecule is CN=C(NCc1nc(-c2cccc(Cl)c2)no1)NC(C)c1ccccc1C. The summed E-state index contributed by atoms with van der Waals surface area (Å²) in [5.41, 5.74) is 3.27. The van der Waals surface area contributed by atoms with Crippen molar-refractivity contribution in [3.05, 3.63) is 70.6 Å². The Balaban J connectivity index is 1.61. The summed E-state index contributed by atoms with van der Waals surface area (Å²) in [6.07, 6.45) is 0. The minimum Gasteiger partial charge on any atom is -0.350 e. The fourth-order valence-electron chi connectivity index (χ4n) is 2.78. The fraction of sp³-hybridized carbons (Fsp3) is 0.250. The molecule has 0 aliphatic heterocycles. The van der Waals surface area contributed by atoms with Gasteiger partial charge in [0.1, 0.15) is 0 Å². The number of rotatable bonds is 5. The molecular formula is C20H22ClN5O. The molecule has 0 radical (unpaired) electrons. The van der Waals surface area contributed by atoms with Gasteiger partial charge in [-0.15, -0.1) is 0 Å². The van der Waals surface area contributed by atoms with Crippen LogP contribution in [0.15, 0.2) is 58.0 Å². The summed E-state index contributed by atoms with van der Waals surface area (Å²) in [6, 6.07) is 15.7. The van der Waals surface area contributed by atoms with Crippen molar-refractivity contribution in [2.45, 2.75) is 26.4 Å². The smallest absolute Gasteiger partial charge is 0.246 e. The number of guanidine groups is 1. The highest BCUT2D eigenvalue weighted by Gasteiger charge is 2.12. The molecule has 0 fully saturated rings. The van der Waals surface area contributed by atoms with E-state index in [1.165, 1.54) is 11.1 Å². The Morgan fingerprint density at radius 2 is 2.04 bits per heavy atom. The average Bonchev–Trinajstić information content (AvgIpc) is 3.14. The van der Waals surface area contributed by atoms with E-state index in [0.29, 0.717) is 29.2 Å². The first kappa shape index (κ1) is 18.9. The largest absolute Gasteiger partial charge is 0.350 e. The Morgan fingerprint density at radius 3 is 2.78 bits per heavy atom. The van der Waals surface area contributed by atoms with Gasteiger partial charge >= 0.3 is 0 Å². The third kappa shape index (κ3) is 4.86. The molecule has 1 aromatic heterocycles. The van der Waals surface area contributed by atoms with Crippen molar-refractivity contribution in [2.24, 2.45) is 4.99 Å². The summed E-state index contributed by atoms with van der Waals surface area (Å²) in [5.74, 6) is 1.63. The van der Waals surface area contributed by atoms with Gasteiger partial charge in [0.2, 0.25) is 11.7 Å². The highest BCUT2D eigenvalue weighted by Crippen LogP contribution is 2.20. The summed E-state index contributed by atoms with van der Waals surface area (Å²) < 4.78 is 5.31. The van der Waals surface area contributed by atoms with E-state index in [1.54, 1.807) is 19.2 Å². The summed E-state index contributed by atoms with van der Waals surface area (Å²) >= 11 is 6.01. The second-order valence-corrected chi connectivity index (χ2v) is 6.61. The Labute approximate surface area is 163 Å². The number of hydrogen-bond acceptors (Lipinski definition) is 4. The second-order valence-electron chi connectivity index (χ2n) is 6.17. The molecule has 3 aromatic rings. The molecule has 0 aliphatic rings. The topological polar surface area (TPSA) is 75.3 Å². The predicted molar refractivity (Wildman–Crippen MR) is 108 cm³/mol. The van der Waals surface area contributed by atoms with Crippen molar-refractivity contribution in [3.8, 4) is 11.4 Å². The van der Waals surface area contributed by atoms with Crippen LogP contribution in [-0.2, 0) is 6.54 Å². The lowest BCUT2D eigenvalue weighted by Crippen LogP contribution is -2.38. The van der Waals surface area contributed by atoms with Gasteiger partial charge in [0, 0.05) is 17.6 Å². The molecular weight excluding hydrogens is 362 g/mol. The Hall–Kier alpha value is -2.86. The maximum atomic E-state index is 6.01. The third-order valence-electron chi connectivity index (χ3n) is 4.19. The fourth-order valence-corrected chi connectivity index (χ4v) is 2.97. The van der Waals surface area contributed by atoms with Gasteiger partial charge in [-0.05, 0) is 37.1 Å². The Bertz CT molecular complexity index is 937. The molecule has 0 bridgehead atoms. The quantitative estimate of drug-likeness (QED) is 0.512. The molecule has 3 rings (SSSR count).